The molecule has 27 heavy (non-hydrogen) atoms. The number of carbonyl (C=O) groups excluding carboxylic acids is 1. The molecule has 6 nitrogen and oxygen atoms in total. The highest BCUT2D eigenvalue weighted by Crippen LogP contribution is 2.39. The molecular formula is C19H26ClN3O3S. The number of rotatable bonds is 6. The van der Waals surface area contributed by atoms with Crippen LogP contribution in [0.25, 0.3) is 10.2 Å². The Kier molecular flexibility index (Phi) is 6.55. The van der Waals surface area contributed by atoms with Crippen LogP contribution in [0.5, 0.6) is 0 Å². The Bertz CT molecular complexity index is 822. The van der Waals surface area contributed by atoms with Gasteiger partial charge in [0.25, 0.3) is 0 Å². The second-order valence-corrected chi connectivity index (χ2v) is 8.74. The molecule has 148 valence electrons. The summed E-state index contributed by atoms with van der Waals surface area (Å²) in [7, 11) is 0. The van der Waals surface area contributed by atoms with Gasteiger partial charge >= 0.3 is 5.97 Å². The van der Waals surface area contributed by atoms with Gasteiger partial charge in [-0.05, 0) is 55.7 Å². The van der Waals surface area contributed by atoms with Crippen LogP contribution in [0, 0.1) is 12.8 Å². The molecule has 2 aromatic rings. The molecule has 0 aliphatic carbocycles. The van der Waals surface area contributed by atoms with E-state index in [4.69, 9.17) is 16.3 Å². The SMILES string of the molecule is Cc1c(C(=O)OCC(C)C)sc2nc(Cl)nc(N3CCCCC3CCO)c12. The van der Waals surface area contributed by atoms with Crippen LogP contribution in [0.2, 0.25) is 5.28 Å². The monoisotopic (exact) mass is 411 g/mol. The first kappa shape index (κ1) is 20.3. The second-order valence-electron chi connectivity index (χ2n) is 7.40. The molecule has 3 rings (SSSR count). The largest absolute Gasteiger partial charge is 0.461 e. The average Bonchev–Trinajstić information content (AvgIpc) is 2.96. The van der Waals surface area contributed by atoms with E-state index < -0.39 is 0 Å². The van der Waals surface area contributed by atoms with Crippen LogP contribution in [0.3, 0.4) is 0 Å². The molecule has 8 heteroatoms. The fraction of sp³-hybridized carbons (Fsp3) is 0.632. The lowest BCUT2D eigenvalue weighted by molar-refractivity contribution is 0.0464. The van der Waals surface area contributed by atoms with Crippen LogP contribution >= 0.6 is 22.9 Å². The Hall–Kier alpha value is -1.44. The van der Waals surface area contributed by atoms with Crippen LogP contribution in [0.4, 0.5) is 5.82 Å². The molecule has 1 saturated heterocycles. The number of fused-ring (bicyclic) bond motifs is 1. The van der Waals surface area contributed by atoms with Crippen LogP contribution in [-0.2, 0) is 4.74 Å². The standard InChI is InChI=1S/C19H26ClN3O3S/c1-11(2)10-26-18(25)15-12(3)14-16(21-19(20)22-17(14)27-15)23-8-5-4-6-13(23)7-9-24/h11,13,24H,4-10H2,1-3H3. The number of hydrogen-bond donors (Lipinski definition) is 1. The molecule has 0 saturated carbocycles. The highest BCUT2D eigenvalue weighted by Gasteiger charge is 2.28. The first-order chi connectivity index (χ1) is 12.9. The zero-order chi connectivity index (χ0) is 19.6. The Labute approximate surface area is 168 Å². The highest BCUT2D eigenvalue weighted by molar-refractivity contribution is 7.20. The smallest absolute Gasteiger partial charge is 0.348 e. The van der Waals surface area contributed by atoms with Crippen LogP contribution in [0.15, 0.2) is 0 Å². The Balaban J connectivity index is 2.04. The number of aryl methyl sites for hydroxylation is 1. The molecule has 0 radical (unpaired) electrons. The maximum atomic E-state index is 12.5. The molecule has 1 N–H and O–H groups in total. The number of carbonyl (C=O) groups is 1. The lowest BCUT2D eigenvalue weighted by Crippen LogP contribution is -2.40. The van der Waals surface area contributed by atoms with Crippen molar-refractivity contribution in [1.29, 1.82) is 0 Å². The van der Waals surface area contributed by atoms with E-state index >= 15 is 0 Å². The number of halogens is 1. The molecule has 1 atom stereocenters. The summed E-state index contributed by atoms with van der Waals surface area (Å²) in [6, 6.07) is 0.216. The van der Waals surface area contributed by atoms with E-state index in [1.165, 1.54) is 11.3 Å². The van der Waals surface area contributed by atoms with E-state index in [-0.39, 0.29) is 29.8 Å². The van der Waals surface area contributed by atoms with Crippen molar-refractivity contribution >= 4 is 44.9 Å². The number of aliphatic hydroxyl groups is 1. The van der Waals surface area contributed by atoms with Crippen molar-refractivity contribution in [2.45, 2.75) is 52.5 Å². The summed E-state index contributed by atoms with van der Waals surface area (Å²) in [5.41, 5.74) is 0.837. The molecule has 0 bridgehead atoms. The van der Waals surface area contributed by atoms with Crippen LogP contribution in [0.1, 0.15) is 54.8 Å². The maximum Gasteiger partial charge on any atom is 0.348 e. The topological polar surface area (TPSA) is 75.5 Å². The summed E-state index contributed by atoms with van der Waals surface area (Å²) >= 11 is 7.51. The van der Waals surface area contributed by atoms with Crippen molar-refractivity contribution < 1.29 is 14.6 Å². The third kappa shape index (κ3) is 4.36. The number of hydrogen-bond acceptors (Lipinski definition) is 7. The van der Waals surface area contributed by atoms with E-state index in [9.17, 15) is 9.90 Å². The van der Waals surface area contributed by atoms with E-state index in [1.807, 2.05) is 20.8 Å². The summed E-state index contributed by atoms with van der Waals surface area (Å²) in [5, 5.41) is 10.5. The lowest BCUT2D eigenvalue weighted by atomic mass is 9.99. The highest BCUT2D eigenvalue weighted by atomic mass is 35.5. The first-order valence-electron chi connectivity index (χ1n) is 9.43. The number of ether oxygens (including phenoxy) is 1. The number of aromatic nitrogens is 2. The Morgan fingerprint density at radius 2 is 2.19 bits per heavy atom. The molecule has 1 unspecified atom stereocenters. The molecule has 2 aromatic heterocycles. The number of esters is 1. The van der Waals surface area contributed by atoms with E-state index in [0.29, 0.717) is 22.7 Å². The van der Waals surface area contributed by atoms with Crippen molar-refractivity contribution in [1.82, 2.24) is 9.97 Å². The van der Waals surface area contributed by atoms with Crippen molar-refractivity contribution in [3.05, 3.63) is 15.7 Å². The third-order valence-corrected chi connectivity index (χ3v) is 6.17. The minimum absolute atomic E-state index is 0.137. The van der Waals surface area contributed by atoms with E-state index in [1.54, 1.807) is 0 Å². The van der Waals surface area contributed by atoms with Gasteiger partial charge in [-0.3, -0.25) is 0 Å². The van der Waals surface area contributed by atoms with Crippen molar-refractivity contribution in [2.24, 2.45) is 5.92 Å². The van der Waals surface area contributed by atoms with Gasteiger partial charge in [-0.15, -0.1) is 11.3 Å². The molecule has 0 spiro atoms. The molecule has 1 aliphatic heterocycles. The number of piperidine rings is 1. The quantitative estimate of drug-likeness (QED) is 0.566. The number of aliphatic hydroxyl groups excluding tert-OH is 1. The number of anilines is 1. The summed E-state index contributed by atoms with van der Waals surface area (Å²) in [6.45, 7) is 7.30. The summed E-state index contributed by atoms with van der Waals surface area (Å²) < 4.78 is 5.42. The third-order valence-electron chi connectivity index (χ3n) is 4.84. The van der Waals surface area contributed by atoms with Crippen molar-refractivity contribution in [3.63, 3.8) is 0 Å². The summed E-state index contributed by atoms with van der Waals surface area (Å²) in [6.07, 6.45) is 3.90. The number of nitrogens with zero attached hydrogens (tertiary/aromatic N) is 3. The second kappa shape index (κ2) is 8.71. The molecule has 3 heterocycles. The summed E-state index contributed by atoms with van der Waals surface area (Å²) in [4.78, 5) is 24.9. The van der Waals surface area contributed by atoms with Gasteiger partial charge in [-0.2, -0.15) is 4.98 Å². The molecule has 1 fully saturated rings. The maximum absolute atomic E-state index is 12.5. The first-order valence-corrected chi connectivity index (χ1v) is 10.6. The fourth-order valence-corrected chi connectivity index (χ4v) is 4.82. The number of thiophene rings is 1. The van der Waals surface area contributed by atoms with Crippen molar-refractivity contribution in [2.75, 3.05) is 24.7 Å². The average molecular weight is 412 g/mol. The molecular weight excluding hydrogens is 386 g/mol. The van der Waals surface area contributed by atoms with E-state index in [2.05, 4.69) is 14.9 Å². The zero-order valence-electron chi connectivity index (χ0n) is 16.0. The predicted molar refractivity (Wildman–Crippen MR) is 109 cm³/mol. The van der Waals surface area contributed by atoms with Gasteiger partial charge in [0.1, 0.15) is 15.5 Å². The van der Waals surface area contributed by atoms with E-state index in [0.717, 1.165) is 42.6 Å². The van der Waals surface area contributed by atoms with Crippen LogP contribution in [-0.4, -0.2) is 46.8 Å². The lowest BCUT2D eigenvalue weighted by Gasteiger charge is -2.37. The molecule has 1 aliphatic rings. The summed E-state index contributed by atoms with van der Waals surface area (Å²) in [5.74, 6) is 0.720. The van der Waals surface area contributed by atoms with Gasteiger partial charge in [0.15, 0.2) is 0 Å². The normalized spacial score (nSPS) is 17.7. The van der Waals surface area contributed by atoms with Crippen molar-refractivity contribution in [3.8, 4) is 0 Å². The van der Waals surface area contributed by atoms with Gasteiger partial charge in [0.2, 0.25) is 5.28 Å². The van der Waals surface area contributed by atoms with Gasteiger partial charge in [0.05, 0.1) is 12.0 Å². The van der Waals surface area contributed by atoms with Gasteiger partial charge in [-0.1, -0.05) is 13.8 Å². The predicted octanol–water partition coefficient (Wildman–Crippen LogP) is 4.21. The minimum Gasteiger partial charge on any atom is -0.461 e. The fourth-order valence-electron chi connectivity index (χ4n) is 3.53. The van der Waals surface area contributed by atoms with Gasteiger partial charge < -0.3 is 14.7 Å². The minimum atomic E-state index is -0.322. The van der Waals surface area contributed by atoms with Gasteiger partial charge in [0, 0.05) is 19.2 Å². The van der Waals surface area contributed by atoms with Crippen LogP contribution < -0.4 is 4.90 Å². The molecule has 0 amide bonds. The van der Waals surface area contributed by atoms with Gasteiger partial charge in [-0.25, -0.2) is 9.78 Å². The Morgan fingerprint density at radius 1 is 1.41 bits per heavy atom. The molecule has 0 aromatic carbocycles. The Morgan fingerprint density at radius 3 is 2.89 bits per heavy atom. The zero-order valence-corrected chi connectivity index (χ0v) is 17.6.